The molecule has 25 heavy (non-hydrogen) atoms. The molecular weight excluding hydrogens is 330 g/mol. The van der Waals surface area contributed by atoms with E-state index in [9.17, 15) is 0 Å². The second-order valence-corrected chi connectivity index (χ2v) is 11.6. The van der Waals surface area contributed by atoms with Crippen molar-refractivity contribution < 1.29 is 13.6 Å². The summed E-state index contributed by atoms with van der Waals surface area (Å²) in [5.74, 6) is 2.01. The molecule has 1 heterocycles. The lowest BCUT2D eigenvalue weighted by atomic mass is 9.75. The first kappa shape index (κ1) is 23.4. The van der Waals surface area contributed by atoms with Gasteiger partial charge in [0.25, 0.3) is 0 Å². The smallest absolute Gasteiger partial charge is 0.309 e. The molecule has 0 aromatic rings. The second kappa shape index (κ2) is 8.59. The van der Waals surface area contributed by atoms with Gasteiger partial charge in [-0.3, -0.25) is 0 Å². The standard InChI is InChI=1S/C20H39O3P.B/c1-13(2)15-11-10-14(3)12-16(15)21-24-22-17(19(4,5)6)18(23-24)20(7,8)9;/h13-18H,10-12H2,1-9H3;/t14-,15+,16-,17+,18+;/m1./s1. The molecule has 0 spiro atoms. The van der Waals surface area contributed by atoms with E-state index in [1.165, 1.54) is 12.8 Å². The van der Waals surface area contributed by atoms with Gasteiger partial charge in [0.15, 0.2) is 0 Å². The lowest BCUT2D eigenvalue weighted by molar-refractivity contribution is 0.000876. The summed E-state index contributed by atoms with van der Waals surface area (Å²) in [7, 11) is -1.25. The van der Waals surface area contributed by atoms with Crippen molar-refractivity contribution in [3.8, 4) is 0 Å². The largest absolute Gasteiger partial charge is 0.333 e. The van der Waals surface area contributed by atoms with Crippen LogP contribution in [0.2, 0.25) is 0 Å². The van der Waals surface area contributed by atoms with Gasteiger partial charge in [0.1, 0.15) is 0 Å². The first-order valence-electron chi connectivity index (χ1n) is 9.70. The quantitative estimate of drug-likeness (QED) is 0.439. The van der Waals surface area contributed by atoms with Crippen LogP contribution in [0.1, 0.15) is 81.6 Å². The highest BCUT2D eigenvalue weighted by molar-refractivity contribution is 7.42. The van der Waals surface area contributed by atoms with Gasteiger partial charge in [0.05, 0.1) is 18.3 Å². The van der Waals surface area contributed by atoms with Crippen molar-refractivity contribution in [3.63, 3.8) is 0 Å². The minimum atomic E-state index is -1.25. The van der Waals surface area contributed by atoms with E-state index in [-0.39, 0.29) is 37.6 Å². The Kier molecular flexibility index (Phi) is 8.05. The SMILES string of the molecule is CC(C)[C@@H]1CC[C@@H](C)C[C@H]1OP1O[C@H](C(C)(C)C)[C@@H](C(C)(C)C)O1.[B]. The van der Waals surface area contributed by atoms with Gasteiger partial charge in [-0.05, 0) is 41.4 Å². The van der Waals surface area contributed by atoms with E-state index in [2.05, 4.69) is 62.3 Å². The average molecular weight is 369 g/mol. The van der Waals surface area contributed by atoms with E-state index >= 15 is 0 Å². The van der Waals surface area contributed by atoms with Gasteiger partial charge >= 0.3 is 8.60 Å². The Morgan fingerprint density at radius 2 is 1.40 bits per heavy atom. The van der Waals surface area contributed by atoms with E-state index in [1.807, 2.05) is 0 Å². The molecule has 0 unspecified atom stereocenters. The molecule has 0 amide bonds. The Balaban J connectivity index is 0.00000312. The van der Waals surface area contributed by atoms with Crippen molar-refractivity contribution in [3.05, 3.63) is 0 Å². The zero-order chi connectivity index (χ0) is 18.3. The Morgan fingerprint density at radius 3 is 1.80 bits per heavy atom. The molecule has 1 saturated carbocycles. The zero-order valence-electron chi connectivity index (χ0n) is 17.8. The fourth-order valence-corrected chi connectivity index (χ4v) is 5.78. The maximum atomic E-state index is 6.47. The van der Waals surface area contributed by atoms with E-state index < -0.39 is 8.60 Å². The molecule has 0 bridgehead atoms. The van der Waals surface area contributed by atoms with Crippen molar-refractivity contribution in [1.82, 2.24) is 0 Å². The molecule has 145 valence electrons. The Labute approximate surface area is 159 Å². The van der Waals surface area contributed by atoms with E-state index in [4.69, 9.17) is 13.6 Å². The van der Waals surface area contributed by atoms with Crippen LogP contribution in [0, 0.1) is 28.6 Å². The summed E-state index contributed by atoms with van der Waals surface area (Å²) in [6, 6.07) is 0. The van der Waals surface area contributed by atoms with Crippen LogP contribution < -0.4 is 0 Å². The van der Waals surface area contributed by atoms with Gasteiger partial charge in [-0.2, -0.15) is 0 Å². The fourth-order valence-electron chi connectivity index (χ4n) is 3.94. The van der Waals surface area contributed by atoms with Crippen molar-refractivity contribution >= 4 is 17.0 Å². The summed E-state index contributed by atoms with van der Waals surface area (Å²) >= 11 is 0. The van der Waals surface area contributed by atoms with Crippen LogP contribution in [0.5, 0.6) is 0 Å². The highest BCUT2D eigenvalue weighted by Crippen LogP contribution is 2.58. The normalized spacial score (nSPS) is 35.0. The third-order valence-corrected chi connectivity index (χ3v) is 6.81. The van der Waals surface area contributed by atoms with Crippen LogP contribution in [0.15, 0.2) is 0 Å². The second-order valence-electron chi connectivity index (χ2n) is 10.5. The third-order valence-electron chi connectivity index (χ3n) is 5.56. The molecular formula is C20H39BO3P. The van der Waals surface area contributed by atoms with Crippen molar-refractivity contribution in [1.29, 1.82) is 0 Å². The fraction of sp³-hybridized carbons (Fsp3) is 1.00. The molecule has 3 radical (unpaired) electrons. The first-order chi connectivity index (χ1) is 10.9. The third kappa shape index (κ3) is 5.93. The first-order valence-corrected chi connectivity index (χ1v) is 10.8. The number of rotatable bonds is 3. The molecule has 1 saturated heterocycles. The number of hydrogen-bond donors (Lipinski definition) is 0. The molecule has 2 fully saturated rings. The van der Waals surface area contributed by atoms with Gasteiger partial charge in [-0.15, -0.1) is 0 Å². The lowest BCUT2D eigenvalue weighted by Crippen LogP contribution is -2.42. The van der Waals surface area contributed by atoms with E-state index in [1.54, 1.807) is 0 Å². The molecule has 2 aliphatic rings. The van der Waals surface area contributed by atoms with Crippen LogP contribution in [0.4, 0.5) is 0 Å². The van der Waals surface area contributed by atoms with Crippen LogP contribution in [0.3, 0.4) is 0 Å². The molecule has 0 aromatic carbocycles. The van der Waals surface area contributed by atoms with Crippen molar-refractivity contribution in [2.45, 2.75) is 99.9 Å². The zero-order valence-corrected chi connectivity index (χ0v) is 18.7. The molecule has 5 atom stereocenters. The van der Waals surface area contributed by atoms with Crippen molar-refractivity contribution in [2.24, 2.45) is 28.6 Å². The van der Waals surface area contributed by atoms with Crippen LogP contribution >= 0.6 is 8.60 Å². The van der Waals surface area contributed by atoms with Crippen LogP contribution in [-0.2, 0) is 13.6 Å². The molecule has 1 aliphatic heterocycles. The van der Waals surface area contributed by atoms with Crippen LogP contribution in [0.25, 0.3) is 0 Å². The summed E-state index contributed by atoms with van der Waals surface area (Å²) in [6.45, 7) is 20.4. The van der Waals surface area contributed by atoms with Gasteiger partial charge in [0, 0.05) is 8.41 Å². The highest BCUT2D eigenvalue weighted by atomic mass is 31.2. The van der Waals surface area contributed by atoms with Gasteiger partial charge < -0.3 is 13.6 Å². The topological polar surface area (TPSA) is 27.7 Å². The molecule has 0 N–H and O–H groups in total. The van der Waals surface area contributed by atoms with Crippen molar-refractivity contribution in [2.75, 3.05) is 0 Å². The molecule has 2 rings (SSSR count). The molecule has 3 nitrogen and oxygen atoms in total. The van der Waals surface area contributed by atoms with Crippen LogP contribution in [-0.4, -0.2) is 26.7 Å². The molecule has 0 aromatic heterocycles. The summed E-state index contributed by atoms with van der Waals surface area (Å²) in [5, 5.41) is 0. The Hall–Kier alpha value is 0.375. The van der Waals surface area contributed by atoms with E-state index in [0.717, 1.165) is 12.3 Å². The maximum absolute atomic E-state index is 6.47. The molecule has 1 aliphatic carbocycles. The maximum Gasteiger partial charge on any atom is 0.333 e. The highest BCUT2D eigenvalue weighted by Gasteiger charge is 2.50. The summed E-state index contributed by atoms with van der Waals surface area (Å²) in [5.41, 5.74) is 0.103. The van der Waals surface area contributed by atoms with Gasteiger partial charge in [0.2, 0.25) is 0 Å². The minimum absolute atomic E-state index is 0. The Bertz CT molecular complexity index is 394. The predicted octanol–water partition coefficient (Wildman–Crippen LogP) is 6.19. The number of hydrogen-bond acceptors (Lipinski definition) is 3. The van der Waals surface area contributed by atoms with Gasteiger partial charge in [-0.1, -0.05) is 68.7 Å². The minimum Gasteiger partial charge on any atom is -0.309 e. The van der Waals surface area contributed by atoms with E-state index in [0.29, 0.717) is 11.8 Å². The summed E-state index contributed by atoms with van der Waals surface area (Å²) < 4.78 is 19.2. The monoisotopic (exact) mass is 369 g/mol. The predicted molar refractivity (Wildman–Crippen MR) is 108 cm³/mol. The molecule has 5 heteroatoms. The lowest BCUT2D eigenvalue weighted by Gasteiger charge is -2.37. The summed E-state index contributed by atoms with van der Waals surface area (Å²) in [6.07, 6.45) is 4.16. The average Bonchev–Trinajstić information content (AvgIpc) is 2.82. The summed E-state index contributed by atoms with van der Waals surface area (Å²) in [4.78, 5) is 0. The Morgan fingerprint density at radius 1 is 0.920 bits per heavy atom. The van der Waals surface area contributed by atoms with Gasteiger partial charge in [-0.25, -0.2) is 0 Å².